The standard InChI is InChI=1S/C34H56N2O6/c1-11-13-15-17-27(37)41-21-19-35-29(3,4)23-33(39,24-30(35,5)6)34(40)25-31(7,8)36(32(9,10)26-34)20-22-42-28(38)18-16-14-12-2/h11-18,39-40H,19-26H2,1-10H3/b13-11+,14-12+,17-15+,18-16+. The van der Waals surface area contributed by atoms with Crippen molar-refractivity contribution < 1.29 is 29.3 Å². The van der Waals surface area contributed by atoms with Gasteiger partial charge in [-0.15, -0.1) is 0 Å². The molecule has 0 bridgehead atoms. The fourth-order valence-corrected chi connectivity index (χ4v) is 7.94. The molecule has 2 saturated heterocycles. The van der Waals surface area contributed by atoms with Crippen LogP contribution in [-0.4, -0.2) is 91.6 Å². The van der Waals surface area contributed by atoms with Crippen molar-refractivity contribution in [1.29, 1.82) is 0 Å². The zero-order valence-corrected chi connectivity index (χ0v) is 27.7. The van der Waals surface area contributed by atoms with Crippen molar-refractivity contribution in [3.63, 3.8) is 0 Å². The van der Waals surface area contributed by atoms with Crippen molar-refractivity contribution in [2.75, 3.05) is 26.3 Å². The molecule has 2 heterocycles. The summed E-state index contributed by atoms with van der Waals surface area (Å²) in [6, 6.07) is 0. The minimum absolute atomic E-state index is 0.235. The molecule has 2 aliphatic heterocycles. The number of esters is 2. The van der Waals surface area contributed by atoms with Crippen LogP contribution in [0.4, 0.5) is 0 Å². The molecule has 0 amide bonds. The van der Waals surface area contributed by atoms with E-state index in [1.165, 1.54) is 12.2 Å². The third kappa shape index (κ3) is 8.65. The molecular weight excluding hydrogens is 532 g/mol. The number of carbonyl (C=O) groups is 2. The van der Waals surface area contributed by atoms with Crippen LogP contribution in [0.15, 0.2) is 48.6 Å². The second kappa shape index (κ2) is 13.6. The molecular formula is C34H56N2O6. The Labute approximate surface area is 254 Å². The molecule has 2 rings (SSSR count). The molecule has 0 aromatic heterocycles. The Morgan fingerprint density at radius 1 is 0.595 bits per heavy atom. The molecule has 0 atom stereocenters. The van der Waals surface area contributed by atoms with Gasteiger partial charge in [-0.05, 0) is 94.9 Å². The highest BCUT2D eigenvalue weighted by Crippen LogP contribution is 2.55. The first-order valence-electron chi connectivity index (χ1n) is 15.2. The number of hydrogen-bond acceptors (Lipinski definition) is 8. The average molecular weight is 589 g/mol. The van der Waals surface area contributed by atoms with E-state index >= 15 is 0 Å². The molecule has 0 aromatic rings. The number of allylic oxidation sites excluding steroid dienone is 6. The first-order chi connectivity index (χ1) is 19.3. The number of ether oxygens (including phenoxy) is 2. The Kier molecular flexibility index (Phi) is 11.6. The van der Waals surface area contributed by atoms with Crippen molar-refractivity contribution in [3.05, 3.63) is 48.6 Å². The largest absolute Gasteiger partial charge is 0.461 e. The van der Waals surface area contributed by atoms with Crippen molar-refractivity contribution in [2.24, 2.45) is 0 Å². The lowest BCUT2D eigenvalue weighted by Crippen LogP contribution is -2.76. The number of piperidine rings is 2. The molecule has 0 aliphatic carbocycles. The normalized spacial score (nSPS) is 25.0. The Bertz CT molecular complexity index is 946. The molecule has 8 nitrogen and oxygen atoms in total. The zero-order valence-electron chi connectivity index (χ0n) is 27.7. The van der Waals surface area contributed by atoms with Gasteiger partial charge in [-0.3, -0.25) is 9.80 Å². The summed E-state index contributed by atoms with van der Waals surface area (Å²) in [4.78, 5) is 28.7. The van der Waals surface area contributed by atoms with Crippen LogP contribution in [-0.2, 0) is 19.1 Å². The molecule has 238 valence electrons. The third-order valence-electron chi connectivity index (χ3n) is 8.88. The molecule has 0 radical (unpaired) electrons. The van der Waals surface area contributed by atoms with Crippen molar-refractivity contribution in [3.8, 4) is 0 Å². The van der Waals surface area contributed by atoms with E-state index in [0.29, 0.717) is 38.8 Å². The number of carbonyl (C=O) groups excluding carboxylic acids is 2. The van der Waals surface area contributed by atoms with Gasteiger partial charge in [0.25, 0.3) is 0 Å². The van der Waals surface area contributed by atoms with Crippen molar-refractivity contribution in [1.82, 2.24) is 9.80 Å². The topological polar surface area (TPSA) is 99.5 Å². The maximum absolute atomic E-state index is 12.4. The number of hydrogen-bond donors (Lipinski definition) is 2. The van der Waals surface area contributed by atoms with Gasteiger partial charge in [-0.1, -0.05) is 36.5 Å². The van der Waals surface area contributed by atoms with Crippen LogP contribution in [0.25, 0.3) is 0 Å². The lowest BCUT2D eigenvalue weighted by Gasteiger charge is -2.66. The second-order valence-corrected chi connectivity index (χ2v) is 14.4. The number of likely N-dealkylation sites (tertiary alicyclic amines) is 2. The maximum Gasteiger partial charge on any atom is 0.330 e. The minimum atomic E-state index is -1.34. The fraction of sp³-hybridized carbons (Fsp3) is 0.706. The SMILES string of the molecule is C/C=C/C=C/C(=O)OCCN1C(C)(C)CC(O)(C2(O)CC(C)(C)N(CCOC(=O)/C=C/C=C/C)C(C)(C)C2)CC1(C)C. The Morgan fingerprint density at radius 3 is 1.14 bits per heavy atom. The molecule has 2 aliphatic rings. The summed E-state index contributed by atoms with van der Waals surface area (Å²) >= 11 is 0. The van der Waals surface area contributed by atoms with Crippen LogP contribution in [0.2, 0.25) is 0 Å². The van der Waals surface area contributed by atoms with E-state index in [-0.39, 0.29) is 25.2 Å². The monoisotopic (exact) mass is 588 g/mol. The smallest absolute Gasteiger partial charge is 0.330 e. The van der Waals surface area contributed by atoms with Gasteiger partial charge in [0.1, 0.15) is 13.2 Å². The summed E-state index contributed by atoms with van der Waals surface area (Å²) in [6.07, 6.45) is 14.8. The van der Waals surface area contributed by atoms with E-state index in [1.54, 1.807) is 24.3 Å². The van der Waals surface area contributed by atoms with Gasteiger partial charge in [0.15, 0.2) is 0 Å². The Hall–Kier alpha value is -2.26. The maximum atomic E-state index is 12.4. The Balaban J connectivity index is 2.18. The number of rotatable bonds is 11. The van der Waals surface area contributed by atoms with Crippen LogP contribution in [0.5, 0.6) is 0 Å². The van der Waals surface area contributed by atoms with E-state index in [2.05, 4.69) is 65.2 Å². The summed E-state index contributed by atoms with van der Waals surface area (Å²) in [6.45, 7) is 21.9. The molecule has 0 saturated carbocycles. The highest BCUT2D eigenvalue weighted by molar-refractivity contribution is 5.82. The summed E-state index contributed by atoms with van der Waals surface area (Å²) in [5, 5.41) is 24.8. The highest BCUT2D eigenvalue weighted by Gasteiger charge is 2.64. The quantitative estimate of drug-likeness (QED) is 0.195. The zero-order chi connectivity index (χ0) is 32.0. The van der Waals surface area contributed by atoms with Gasteiger partial charge in [0.05, 0.1) is 11.2 Å². The summed E-state index contributed by atoms with van der Waals surface area (Å²) < 4.78 is 10.9. The summed E-state index contributed by atoms with van der Waals surface area (Å²) in [7, 11) is 0. The van der Waals surface area contributed by atoms with Crippen LogP contribution in [0, 0.1) is 0 Å². The van der Waals surface area contributed by atoms with Crippen LogP contribution in [0.3, 0.4) is 0 Å². The highest BCUT2D eigenvalue weighted by atomic mass is 16.5. The molecule has 42 heavy (non-hydrogen) atoms. The molecule has 2 fully saturated rings. The van der Waals surface area contributed by atoms with Gasteiger partial charge in [0.2, 0.25) is 0 Å². The third-order valence-corrected chi connectivity index (χ3v) is 8.88. The predicted molar refractivity (Wildman–Crippen MR) is 168 cm³/mol. The molecule has 8 heteroatoms. The number of aliphatic hydroxyl groups is 2. The van der Waals surface area contributed by atoms with E-state index < -0.39 is 33.4 Å². The van der Waals surface area contributed by atoms with Crippen LogP contribution < -0.4 is 0 Å². The van der Waals surface area contributed by atoms with Gasteiger partial charge < -0.3 is 19.7 Å². The lowest BCUT2D eigenvalue weighted by molar-refractivity contribution is -0.263. The Morgan fingerprint density at radius 2 is 0.881 bits per heavy atom. The van der Waals surface area contributed by atoms with Crippen LogP contribution >= 0.6 is 0 Å². The fourth-order valence-electron chi connectivity index (χ4n) is 7.94. The molecule has 2 N–H and O–H groups in total. The summed E-state index contributed by atoms with van der Waals surface area (Å²) in [5.74, 6) is -0.773. The molecule has 0 spiro atoms. The molecule has 0 unspecified atom stereocenters. The van der Waals surface area contributed by atoms with Gasteiger partial charge >= 0.3 is 11.9 Å². The van der Waals surface area contributed by atoms with E-state index in [1.807, 2.05) is 26.0 Å². The van der Waals surface area contributed by atoms with E-state index in [0.717, 1.165) is 0 Å². The van der Waals surface area contributed by atoms with Crippen molar-refractivity contribution in [2.45, 2.75) is 128 Å². The summed E-state index contributed by atoms with van der Waals surface area (Å²) in [5.41, 5.74) is -4.57. The van der Waals surface area contributed by atoms with Gasteiger partial charge in [-0.25, -0.2) is 9.59 Å². The molecule has 0 aromatic carbocycles. The number of nitrogens with zero attached hydrogens (tertiary/aromatic N) is 2. The van der Waals surface area contributed by atoms with Crippen molar-refractivity contribution >= 4 is 11.9 Å². The lowest BCUT2D eigenvalue weighted by atomic mass is 9.57. The van der Waals surface area contributed by atoms with Gasteiger partial charge in [-0.2, -0.15) is 0 Å². The minimum Gasteiger partial charge on any atom is -0.461 e. The van der Waals surface area contributed by atoms with E-state index in [4.69, 9.17) is 9.47 Å². The average Bonchev–Trinajstić information content (AvgIpc) is 2.81. The second-order valence-electron chi connectivity index (χ2n) is 14.4. The first-order valence-corrected chi connectivity index (χ1v) is 15.2. The predicted octanol–water partition coefficient (Wildman–Crippen LogP) is 5.11. The first kappa shape index (κ1) is 35.9. The van der Waals surface area contributed by atoms with Crippen LogP contribution in [0.1, 0.15) is 94.9 Å². The van der Waals surface area contributed by atoms with Gasteiger partial charge in [0, 0.05) is 47.4 Å². The van der Waals surface area contributed by atoms with E-state index in [9.17, 15) is 19.8 Å².